The van der Waals surface area contributed by atoms with Crippen LogP contribution in [-0.2, 0) is 0 Å². The average molecular weight is 1540 g/mol. The highest BCUT2D eigenvalue weighted by atomic mass is 32.1. The van der Waals surface area contributed by atoms with Gasteiger partial charge < -0.3 is 8.83 Å². The molecular weight excluding hydrogens is 1430 g/mol. The third-order valence-corrected chi connectivity index (χ3v) is 23.4. The summed E-state index contributed by atoms with van der Waals surface area (Å²) >= 11 is 1.88. The van der Waals surface area contributed by atoms with E-state index in [-0.39, 0.29) is 0 Å². The molecule has 3 heteroatoms. The van der Waals surface area contributed by atoms with E-state index in [4.69, 9.17) is 8.83 Å². The fraction of sp³-hybridized carbons (Fsp3) is 0.158. The van der Waals surface area contributed by atoms with E-state index in [1.165, 1.54) is 206 Å². The summed E-state index contributed by atoms with van der Waals surface area (Å²) in [5.41, 5.74) is 27.8. The molecule has 21 rings (SSSR count). The third-order valence-electron chi connectivity index (χ3n) is 22.2. The average Bonchev–Trinajstić information content (AvgIpc) is 1.73. The number of para-hydroxylation sites is 2. The number of furan rings is 2. The van der Waals surface area contributed by atoms with Gasteiger partial charge in [-0.15, -0.1) is 11.3 Å². The first-order valence-electron chi connectivity index (χ1n) is 40.8. The largest absolute Gasteiger partial charge is 0.456 e. The minimum atomic E-state index is 0.973. The smallest absolute Gasteiger partial charge is 0.138 e. The van der Waals surface area contributed by atoms with Gasteiger partial charge in [-0.05, 0) is 299 Å². The first-order valence-corrected chi connectivity index (χ1v) is 41.6. The Morgan fingerprint density at radius 2 is 0.470 bits per heavy atom. The molecular formula is C114H108O2S. The van der Waals surface area contributed by atoms with Gasteiger partial charge in [0.1, 0.15) is 22.3 Å². The second-order valence-corrected chi connectivity index (χ2v) is 33.0. The van der Waals surface area contributed by atoms with Crippen LogP contribution in [0, 0.1) is 125 Å². The van der Waals surface area contributed by atoms with Crippen molar-refractivity contribution in [3.8, 4) is 0 Å². The zero-order chi connectivity index (χ0) is 82.6. The van der Waals surface area contributed by atoms with Crippen LogP contribution in [0.2, 0.25) is 0 Å². The molecule has 0 atom stereocenters. The minimum absolute atomic E-state index is 0.973. The molecule has 3 heterocycles. The van der Waals surface area contributed by atoms with Crippen molar-refractivity contribution in [1.82, 2.24) is 0 Å². The first-order chi connectivity index (χ1) is 56.4. The quantitative estimate of drug-likeness (QED) is 0.151. The van der Waals surface area contributed by atoms with Crippen LogP contribution in [0.1, 0.15) is 100 Å². The van der Waals surface area contributed by atoms with E-state index in [0.717, 1.165) is 22.3 Å². The first kappa shape index (κ1) is 82.3. The van der Waals surface area contributed by atoms with Crippen molar-refractivity contribution in [2.24, 2.45) is 0 Å². The van der Waals surface area contributed by atoms with Crippen molar-refractivity contribution in [2.45, 2.75) is 125 Å². The Bertz CT molecular complexity index is 6590. The van der Waals surface area contributed by atoms with Crippen LogP contribution in [0.5, 0.6) is 0 Å². The molecule has 0 radical (unpaired) electrons. The minimum Gasteiger partial charge on any atom is -0.456 e. The molecule has 0 saturated carbocycles. The Labute approximate surface area is 696 Å². The zero-order valence-corrected chi connectivity index (χ0v) is 72.2. The lowest BCUT2D eigenvalue weighted by molar-refractivity contribution is 0.662. The Kier molecular flexibility index (Phi) is 26.2. The molecule has 0 aliphatic rings. The highest BCUT2D eigenvalue weighted by molar-refractivity contribution is 7.25. The van der Waals surface area contributed by atoms with Crippen LogP contribution in [0.25, 0.3) is 129 Å². The van der Waals surface area contributed by atoms with E-state index in [0.29, 0.717) is 0 Å². The fourth-order valence-electron chi connectivity index (χ4n) is 15.7. The van der Waals surface area contributed by atoms with E-state index in [1.807, 2.05) is 23.5 Å². The van der Waals surface area contributed by atoms with Crippen LogP contribution in [0.4, 0.5) is 0 Å². The zero-order valence-electron chi connectivity index (χ0n) is 71.4. The molecule has 582 valence electrons. The van der Waals surface area contributed by atoms with Crippen LogP contribution in [0.3, 0.4) is 0 Å². The van der Waals surface area contributed by atoms with E-state index < -0.39 is 0 Å². The Hall–Kier alpha value is -12.7. The molecule has 0 saturated heterocycles. The lowest BCUT2D eigenvalue weighted by Gasteiger charge is -2.04. The SMILES string of the molecule is Cc1cc(C)c2ccccc2c1.Cc1cc2ccccc2cc1C.Cc1ccc(C)c2ccccc12.Cc1ccc2cc(C)ccc2c1.Cc1ccc2oc3ccc(C)cc3c2c1.Cc1ccc2sc3ccc(C)cc3c2c1.Cc1cccc2c(C)cccc12.Cc1cccc2c1oc1c(C)cccc12.Cc1cccc2cccc(C)c12. The van der Waals surface area contributed by atoms with Gasteiger partial charge in [-0.25, -0.2) is 0 Å². The maximum Gasteiger partial charge on any atom is 0.138 e. The number of hydrogen-bond donors (Lipinski definition) is 0. The van der Waals surface area contributed by atoms with Gasteiger partial charge in [0.05, 0.1) is 0 Å². The predicted molar refractivity (Wildman–Crippen MR) is 516 cm³/mol. The molecule has 21 aromatic rings. The van der Waals surface area contributed by atoms with Gasteiger partial charge in [0.15, 0.2) is 0 Å². The molecule has 0 N–H and O–H groups in total. The summed E-state index contributed by atoms with van der Waals surface area (Å²) < 4.78 is 14.5. The summed E-state index contributed by atoms with van der Waals surface area (Å²) in [6.45, 7) is 38.5. The lowest BCUT2D eigenvalue weighted by Crippen LogP contribution is -1.81. The van der Waals surface area contributed by atoms with Gasteiger partial charge in [0, 0.05) is 41.7 Å². The molecule has 0 aliphatic heterocycles. The number of fused-ring (bicyclic) bond motifs is 15. The van der Waals surface area contributed by atoms with Gasteiger partial charge in [-0.2, -0.15) is 0 Å². The Balaban J connectivity index is 0.000000115. The number of rotatable bonds is 0. The molecule has 0 bridgehead atoms. The molecule has 117 heavy (non-hydrogen) atoms. The fourth-order valence-corrected chi connectivity index (χ4v) is 16.8. The van der Waals surface area contributed by atoms with Crippen LogP contribution in [-0.4, -0.2) is 0 Å². The van der Waals surface area contributed by atoms with Crippen molar-refractivity contribution in [2.75, 3.05) is 0 Å². The van der Waals surface area contributed by atoms with Crippen molar-refractivity contribution in [3.05, 3.63) is 428 Å². The van der Waals surface area contributed by atoms with Gasteiger partial charge in [-0.3, -0.25) is 0 Å². The highest BCUT2D eigenvalue weighted by Crippen LogP contribution is 2.37. The highest BCUT2D eigenvalue weighted by Gasteiger charge is 2.12. The normalized spacial score (nSPS) is 10.8. The van der Waals surface area contributed by atoms with Crippen LogP contribution in [0.15, 0.2) is 336 Å². The number of hydrogen-bond acceptors (Lipinski definition) is 3. The molecule has 0 spiro atoms. The maximum atomic E-state index is 5.91. The van der Waals surface area contributed by atoms with E-state index in [9.17, 15) is 0 Å². The summed E-state index contributed by atoms with van der Waals surface area (Å²) in [5, 5.41) is 23.9. The lowest BCUT2D eigenvalue weighted by atomic mass is 10.0. The summed E-state index contributed by atoms with van der Waals surface area (Å²) in [6, 6.07) is 116. The summed E-state index contributed by atoms with van der Waals surface area (Å²) in [7, 11) is 0. The molecule has 0 fully saturated rings. The summed E-state index contributed by atoms with van der Waals surface area (Å²) in [6.07, 6.45) is 0. The number of thiophene rings is 1. The van der Waals surface area contributed by atoms with Gasteiger partial charge in [-0.1, -0.05) is 318 Å². The van der Waals surface area contributed by atoms with Crippen molar-refractivity contribution < 1.29 is 8.83 Å². The second kappa shape index (κ2) is 37.3. The standard InChI is InChI=1S/2C14H12O.C14H12S.6C12H12/c1-9-3-5-13-11(7-9)12-8-10(2)4-6-14(12)15-13;1-9-5-3-7-11-12-8-4-6-10(2)14(12)15-13(9)11;1-9-3-5-13-11(7-9)12-8-10(2)4-6-14(12)15-13;1-9-3-5-12-8-10(2)4-6-11(12)7-9;1-9-5-3-8-12-10(2)6-4-7-11(9)12;1-9-5-3-7-11-8-4-6-10(2)12(9)11;1-9-7-11-5-3-4-6-12(11)8-10(9)2;1-9-7-10(2)12-6-4-3-5-11(12)8-9;1-9-7-8-10(2)12-6-4-3-5-11(9)12/h3*3-8H,1-2H3;6*3-8H,1-2H3. The van der Waals surface area contributed by atoms with Crippen LogP contribution >= 0.6 is 11.3 Å². The topological polar surface area (TPSA) is 26.3 Å². The van der Waals surface area contributed by atoms with E-state index >= 15 is 0 Å². The predicted octanol–water partition coefficient (Wildman–Crippen LogP) is 33.8. The van der Waals surface area contributed by atoms with Crippen molar-refractivity contribution in [1.29, 1.82) is 0 Å². The van der Waals surface area contributed by atoms with E-state index in [2.05, 4.69) is 440 Å². The Morgan fingerprint density at radius 3 is 0.906 bits per heavy atom. The molecule has 3 aromatic heterocycles. The van der Waals surface area contributed by atoms with Gasteiger partial charge in [0.25, 0.3) is 0 Å². The van der Waals surface area contributed by atoms with Gasteiger partial charge >= 0.3 is 0 Å². The summed E-state index contributed by atoms with van der Waals surface area (Å²) in [4.78, 5) is 0. The molecule has 2 nitrogen and oxygen atoms in total. The summed E-state index contributed by atoms with van der Waals surface area (Å²) in [5.74, 6) is 0. The molecule has 18 aromatic carbocycles. The Morgan fingerprint density at radius 1 is 0.162 bits per heavy atom. The number of aryl methyl sites for hydroxylation is 18. The van der Waals surface area contributed by atoms with Crippen molar-refractivity contribution >= 4 is 140 Å². The maximum absolute atomic E-state index is 5.91. The van der Waals surface area contributed by atoms with Crippen molar-refractivity contribution in [3.63, 3.8) is 0 Å². The second-order valence-electron chi connectivity index (χ2n) is 31.9. The molecule has 0 aliphatic carbocycles. The van der Waals surface area contributed by atoms with Crippen LogP contribution < -0.4 is 0 Å². The van der Waals surface area contributed by atoms with E-state index in [1.54, 1.807) is 0 Å². The monoisotopic (exact) mass is 1540 g/mol. The third kappa shape index (κ3) is 19.8. The van der Waals surface area contributed by atoms with Gasteiger partial charge in [0.2, 0.25) is 0 Å². The molecule has 0 unspecified atom stereocenters. The number of benzene rings is 18. The molecule has 0 amide bonds.